The molecule has 0 unspecified atom stereocenters. The van der Waals surface area contributed by atoms with Crippen molar-refractivity contribution in [1.29, 1.82) is 5.41 Å². The van der Waals surface area contributed by atoms with Crippen molar-refractivity contribution in [3.8, 4) is 0 Å². The molecule has 0 aliphatic carbocycles. The predicted molar refractivity (Wildman–Crippen MR) is 375 cm³/mol. The number of esters is 9. The van der Waals surface area contributed by atoms with Gasteiger partial charge in [-0.15, -0.1) is 0 Å². The van der Waals surface area contributed by atoms with Crippen LogP contribution in [-0.2, 0) is 80.6 Å². The Bertz CT molecular complexity index is 4370. The highest BCUT2D eigenvalue weighted by atomic mass is 35.6. The summed E-state index contributed by atoms with van der Waals surface area (Å²) in [4.78, 5) is 131. The van der Waals surface area contributed by atoms with Crippen molar-refractivity contribution >= 4 is 94.4 Å². The lowest BCUT2D eigenvalue weighted by Gasteiger charge is -2.47. The maximum Gasteiger partial charge on any atom is 0.338 e. The first kappa shape index (κ1) is 77.2. The summed E-state index contributed by atoms with van der Waals surface area (Å²) in [6.45, 7) is -2.02. The zero-order valence-corrected chi connectivity index (χ0v) is 58.8. The zero-order chi connectivity index (χ0) is 75.6. The van der Waals surface area contributed by atoms with E-state index in [0.29, 0.717) is 0 Å². The minimum atomic E-state index is -2.67. The van der Waals surface area contributed by atoms with Crippen molar-refractivity contribution in [1.82, 2.24) is 0 Å². The molecule has 15 atom stereocenters. The topological polar surface area (TPSA) is 325 Å². The number of carbonyl (C=O) groups is 9. The molecular formula is C78H66Cl3NO25. The van der Waals surface area contributed by atoms with Gasteiger partial charge in [-0.25, -0.2) is 43.2 Å². The molecule has 0 aromatic heterocycles. The van der Waals surface area contributed by atoms with Crippen LogP contribution < -0.4 is 0 Å². The minimum absolute atomic E-state index is 0.0112. The monoisotopic (exact) mass is 1520 g/mol. The molecule has 29 heteroatoms. The summed E-state index contributed by atoms with van der Waals surface area (Å²) < 4.78 is 97.5. The fourth-order valence-electron chi connectivity index (χ4n) is 11.5. The van der Waals surface area contributed by atoms with Crippen molar-refractivity contribution in [3.63, 3.8) is 0 Å². The van der Waals surface area contributed by atoms with Gasteiger partial charge in [0, 0.05) is 7.11 Å². The van der Waals surface area contributed by atoms with E-state index in [2.05, 4.69) is 0 Å². The molecule has 554 valence electrons. The summed E-state index contributed by atoms with van der Waals surface area (Å²) >= 11 is 18.7. The largest absolute Gasteiger partial charge is 0.467 e. The van der Waals surface area contributed by atoms with Gasteiger partial charge in [0.2, 0.25) is 18.3 Å². The quantitative estimate of drug-likeness (QED) is 0.0183. The Labute approximate surface area is 626 Å². The molecule has 0 spiro atoms. The summed E-state index contributed by atoms with van der Waals surface area (Å²) in [5.41, 5.74) is -0.480. The smallest absolute Gasteiger partial charge is 0.338 e. The molecule has 0 radical (unpaired) electrons. The molecular weight excluding hydrogens is 1460 g/mol. The van der Waals surface area contributed by atoms with E-state index >= 15 is 0 Å². The number of methoxy groups -OCH3 is 2. The number of halogens is 3. The predicted octanol–water partition coefficient (Wildman–Crippen LogP) is 10.6. The van der Waals surface area contributed by atoms with Gasteiger partial charge in [-0.05, 0) is 97.1 Å². The van der Waals surface area contributed by atoms with Gasteiger partial charge in [-0.1, -0.05) is 180 Å². The van der Waals surface area contributed by atoms with Gasteiger partial charge in [-0.3, -0.25) is 5.41 Å². The van der Waals surface area contributed by atoms with Crippen LogP contribution in [0.5, 0.6) is 0 Å². The Morgan fingerprint density at radius 3 is 0.785 bits per heavy atom. The second-order valence-corrected chi connectivity index (χ2v) is 26.0. The number of hydrogen-bond acceptors (Lipinski definition) is 26. The van der Waals surface area contributed by atoms with Gasteiger partial charge >= 0.3 is 53.7 Å². The van der Waals surface area contributed by atoms with Crippen molar-refractivity contribution in [2.75, 3.05) is 27.4 Å². The van der Waals surface area contributed by atoms with E-state index in [-0.39, 0.29) is 44.5 Å². The molecule has 0 saturated carbocycles. The third kappa shape index (κ3) is 19.6. The van der Waals surface area contributed by atoms with E-state index in [4.69, 9.17) is 116 Å². The first-order chi connectivity index (χ1) is 51.8. The number of nitrogens with one attached hydrogen (secondary N) is 1. The number of benzene rings is 8. The van der Waals surface area contributed by atoms with Crippen molar-refractivity contribution in [2.24, 2.45) is 0 Å². The average Bonchev–Trinajstić information content (AvgIpc) is 0.774. The lowest BCUT2D eigenvalue weighted by atomic mass is 9.96. The molecule has 8 aromatic rings. The van der Waals surface area contributed by atoms with Crippen LogP contribution in [0.3, 0.4) is 0 Å². The Balaban J connectivity index is 1.06. The maximum absolute atomic E-state index is 14.9. The molecule has 3 aliphatic rings. The van der Waals surface area contributed by atoms with E-state index in [1.54, 1.807) is 72.8 Å². The Kier molecular flexibility index (Phi) is 26.3. The lowest BCUT2D eigenvalue weighted by Crippen LogP contribution is -2.66. The van der Waals surface area contributed by atoms with E-state index in [1.807, 2.05) is 0 Å². The van der Waals surface area contributed by atoms with Crippen LogP contribution in [0.25, 0.3) is 0 Å². The second-order valence-electron chi connectivity index (χ2n) is 23.7. The molecule has 3 fully saturated rings. The average molecular weight is 1520 g/mol. The van der Waals surface area contributed by atoms with E-state index in [9.17, 15) is 43.2 Å². The summed E-state index contributed by atoms with van der Waals surface area (Å²) in [7, 11) is 2.20. The molecule has 3 heterocycles. The SMILES string of the molecule is COC(=O)[C@H]1O[C@@H](OC[C@H]2O[C@@H](OC[C@H]3O[C@H](OC(=N)C(Cl)(Cl)Cl)[C@H](OC(=O)c4ccccc4)[C@@H](OC(=O)c4ccccc4)[C@H]3OC(=O)c3ccccc3)[C@H](OC(=O)c3ccccc3)[C@@H](OC(=O)c3ccccc3)[C@H]2OC(=O)c2ccccc2)[C@H](OC(=O)c2ccccc2)[C@@H](OC(=O)c2ccccc2)[C@@H]1OC. The number of hydrogen-bond donors (Lipinski definition) is 1. The Morgan fingerprint density at radius 1 is 0.308 bits per heavy atom. The highest BCUT2D eigenvalue weighted by molar-refractivity contribution is 6.76. The van der Waals surface area contributed by atoms with E-state index < -0.39 is 169 Å². The summed E-state index contributed by atoms with van der Waals surface area (Å²) in [5.74, 6) is -10.9. The molecule has 0 amide bonds. The van der Waals surface area contributed by atoms with Gasteiger partial charge in [0.1, 0.15) is 18.3 Å². The van der Waals surface area contributed by atoms with Crippen LogP contribution in [0.4, 0.5) is 0 Å². The normalized spacial score (nSPS) is 23.9. The van der Waals surface area contributed by atoms with Crippen molar-refractivity contribution in [2.45, 2.75) is 95.9 Å². The summed E-state index contributed by atoms with van der Waals surface area (Å²) in [6, 6.07) is 59.8. The van der Waals surface area contributed by atoms with Crippen LogP contribution in [0.15, 0.2) is 243 Å². The Morgan fingerprint density at radius 2 is 0.533 bits per heavy atom. The van der Waals surface area contributed by atoms with Crippen LogP contribution in [0.2, 0.25) is 0 Å². The number of carbonyl (C=O) groups excluding carboxylic acids is 9. The lowest BCUT2D eigenvalue weighted by molar-refractivity contribution is -0.335. The first-order valence-corrected chi connectivity index (χ1v) is 34.1. The molecule has 26 nitrogen and oxygen atoms in total. The van der Waals surface area contributed by atoms with Gasteiger partial charge in [-0.2, -0.15) is 0 Å². The molecule has 1 N–H and O–H groups in total. The number of alkyl halides is 3. The standard InChI is InChI=1S/C78H66Cl3NO25/c1-92-57-60(102-69(87)49-35-19-7-20-36-49)63(104-71(89)51-39-23-9-24-40-51)75(106-61(57)73(91)93-2)95-43-53-55(98-65(83)45-27-11-3-12-28-45)58(100-67(85)47-31-15-5-16-32-47)62(103-70(88)50-37-21-8-22-38-50)74(96-53)94-44-54-56(99-66(84)46-29-13-4-14-30-46)59(101-68(86)48-33-17-6-18-34-48)64(76(97-54)107-77(82)78(79,80)81)105-72(90)52-41-25-10-26-42-52/h3-42,53-64,74-76,82H,43-44H2,1-2H3/t53-,54-,55+,56+,57+,58+,59+,60+,61+,62-,63-,64-,74-,75-,76-/m1/s1. The van der Waals surface area contributed by atoms with Crippen LogP contribution in [-0.4, -0.2) is 183 Å². The fraction of sp³-hybridized carbons (Fsp3) is 0.256. The summed E-state index contributed by atoms with van der Waals surface area (Å²) in [6.07, 6.45) is -29.9. The molecule has 3 saturated heterocycles. The van der Waals surface area contributed by atoms with Crippen molar-refractivity contribution in [3.05, 3.63) is 287 Å². The third-order valence-corrected chi connectivity index (χ3v) is 17.3. The number of ether oxygens (including phenoxy) is 16. The zero-order valence-electron chi connectivity index (χ0n) is 56.5. The molecule has 11 rings (SSSR count). The first-order valence-electron chi connectivity index (χ1n) is 33.0. The van der Waals surface area contributed by atoms with Crippen LogP contribution in [0, 0.1) is 5.41 Å². The van der Waals surface area contributed by atoms with Gasteiger partial charge in [0.25, 0.3) is 3.79 Å². The van der Waals surface area contributed by atoms with Gasteiger partial charge in [0.15, 0.2) is 61.4 Å². The minimum Gasteiger partial charge on any atom is -0.467 e. The third-order valence-electron chi connectivity index (χ3n) is 16.7. The van der Waals surface area contributed by atoms with Gasteiger partial charge < -0.3 is 75.8 Å². The highest BCUT2D eigenvalue weighted by Crippen LogP contribution is 2.39. The van der Waals surface area contributed by atoms with Crippen molar-refractivity contribution < 1.29 is 119 Å². The number of rotatable bonds is 25. The highest BCUT2D eigenvalue weighted by Gasteiger charge is 2.59. The molecule has 0 bridgehead atoms. The maximum atomic E-state index is 14.9. The summed E-state index contributed by atoms with van der Waals surface area (Å²) in [5, 5.41) is 8.84. The molecule has 8 aromatic carbocycles. The van der Waals surface area contributed by atoms with Crippen LogP contribution >= 0.6 is 34.8 Å². The van der Waals surface area contributed by atoms with Gasteiger partial charge in [0.05, 0.1) is 64.8 Å². The fourth-order valence-corrected chi connectivity index (χ4v) is 11.6. The van der Waals surface area contributed by atoms with E-state index in [1.165, 1.54) is 170 Å². The molecule has 3 aliphatic heterocycles. The van der Waals surface area contributed by atoms with Crippen LogP contribution in [0.1, 0.15) is 82.9 Å². The van der Waals surface area contributed by atoms with E-state index in [0.717, 1.165) is 14.2 Å². The Hall–Kier alpha value is -10.9. The molecule has 107 heavy (non-hydrogen) atoms. The second kappa shape index (κ2) is 36.4.